The van der Waals surface area contributed by atoms with Gasteiger partial charge in [0, 0.05) is 43.2 Å². The fourth-order valence-corrected chi connectivity index (χ4v) is 5.35. The van der Waals surface area contributed by atoms with Gasteiger partial charge in [-0.25, -0.2) is 0 Å². The van der Waals surface area contributed by atoms with Gasteiger partial charge in [-0.2, -0.15) is 0 Å². The highest BCUT2D eigenvalue weighted by molar-refractivity contribution is 6.46. The minimum atomic E-state index is -0.707. The maximum absolute atomic E-state index is 13.3. The van der Waals surface area contributed by atoms with Crippen LogP contribution in [0.3, 0.4) is 0 Å². The predicted octanol–water partition coefficient (Wildman–Crippen LogP) is 3.81. The lowest BCUT2D eigenvalue weighted by Crippen LogP contribution is -2.38. The number of carbonyl (C=O) groups excluding carboxylic acids is 2. The first-order valence-electron chi connectivity index (χ1n) is 12.1. The summed E-state index contributed by atoms with van der Waals surface area (Å²) >= 11 is 6.27. The lowest BCUT2D eigenvalue weighted by molar-refractivity contribution is -0.140. The average molecular weight is 497 g/mol. The largest absolute Gasteiger partial charge is 0.507 e. The standard InChI is InChI=1S/C27H29ClN2O5/c1-17-14-20-15-19(6-7-22(20)35-17)25(31)23-24(18-4-2-5-21(28)16-18)30(27(33)26(23)32)9-3-8-29-10-12-34-13-11-29/h2,4-7,15-17,24,31H,3,8-14H2,1H3/t17-,24-/m0/s1. The molecule has 35 heavy (non-hydrogen) atoms. The summed E-state index contributed by atoms with van der Waals surface area (Å²) in [5, 5.41) is 11.8. The molecule has 1 amide bonds. The van der Waals surface area contributed by atoms with Gasteiger partial charge in [-0.3, -0.25) is 14.5 Å². The van der Waals surface area contributed by atoms with E-state index in [1.807, 2.05) is 19.1 Å². The van der Waals surface area contributed by atoms with E-state index in [2.05, 4.69) is 4.90 Å². The van der Waals surface area contributed by atoms with E-state index >= 15 is 0 Å². The molecule has 8 heteroatoms. The number of Topliss-reactive ketones (excluding diaryl/α,β-unsaturated/α-hetero) is 1. The average Bonchev–Trinajstić information content (AvgIpc) is 3.35. The SMILES string of the molecule is C[C@H]1Cc2cc(C(O)=C3C(=O)C(=O)N(CCCN4CCOCC4)[C@H]3c3cccc(Cl)c3)ccc2O1. The number of aliphatic hydroxyl groups is 1. The van der Waals surface area contributed by atoms with Crippen LogP contribution >= 0.6 is 11.6 Å². The third kappa shape index (κ3) is 4.81. The molecule has 1 N–H and O–H groups in total. The zero-order chi connectivity index (χ0) is 24.5. The Balaban J connectivity index is 1.48. The smallest absolute Gasteiger partial charge is 0.295 e. The van der Waals surface area contributed by atoms with Crippen LogP contribution in [0.2, 0.25) is 5.02 Å². The van der Waals surface area contributed by atoms with Crippen molar-refractivity contribution in [3.8, 4) is 5.75 Å². The second-order valence-electron chi connectivity index (χ2n) is 9.31. The van der Waals surface area contributed by atoms with Crippen LogP contribution in [-0.4, -0.2) is 72.1 Å². The van der Waals surface area contributed by atoms with Gasteiger partial charge in [0.15, 0.2) is 0 Å². The first-order valence-corrected chi connectivity index (χ1v) is 12.4. The number of amides is 1. The number of halogens is 1. The Labute approximate surface area is 209 Å². The molecular weight excluding hydrogens is 468 g/mol. The number of rotatable bonds is 6. The number of hydrogen-bond acceptors (Lipinski definition) is 6. The topological polar surface area (TPSA) is 79.3 Å². The summed E-state index contributed by atoms with van der Waals surface area (Å²) in [6.45, 7) is 6.31. The maximum atomic E-state index is 13.3. The molecule has 3 heterocycles. The lowest BCUT2D eigenvalue weighted by Gasteiger charge is -2.29. The zero-order valence-corrected chi connectivity index (χ0v) is 20.5. The molecule has 0 aliphatic carbocycles. The number of carbonyl (C=O) groups is 2. The molecule has 2 aromatic carbocycles. The van der Waals surface area contributed by atoms with Crippen LogP contribution in [0.25, 0.3) is 5.76 Å². The van der Waals surface area contributed by atoms with Crippen molar-refractivity contribution in [1.29, 1.82) is 0 Å². The summed E-state index contributed by atoms with van der Waals surface area (Å²) in [5.41, 5.74) is 2.26. The summed E-state index contributed by atoms with van der Waals surface area (Å²) in [5.74, 6) is -0.670. The van der Waals surface area contributed by atoms with E-state index in [0.29, 0.717) is 42.3 Å². The Hall–Kier alpha value is -2.87. The fourth-order valence-electron chi connectivity index (χ4n) is 5.15. The Morgan fingerprint density at radius 2 is 1.91 bits per heavy atom. The van der Waals surface area contributed by atoms with Crippen LogP contribution < -0.4 is 4.74 Å². The normalized spacial score (nSPS) is 24.0. The van der Waals surface area contributed by atoms with Crippen molar-refractivity contribution in [3.63, 3.8) is 0 Å². The Morgan fingerprint density at radius 3 is 2.69 bits per heavy atom. The molecule has 2 aromatic rings. The summed E-state index contributed by atoms with van der Waals surface area (Å²) in [4.78, 5) is 30.3. The summed E-state index contributed by atoms with van der Waals surface area (Å²) in [6, 6.07) is 11.8. The van der Waals surface area contributed by atoms with Crippen LogP contribution in [-0.2, 0) is 20.7 Å². The van der Waals surface area contributed by atoms with E-state index in [0.717, 1.165) is 37.4 Å². The molecule has 3 aliphatic heterocycles. The van der Waals surface area contributed by atoms with E-state index in [4.69, 9.17) is 21.1 Å². The number of hydrogen-bond donors (Lipinski definition) is 1. The highest BCUT2D eigenvalue weighted by atomic mass is 35.5. The second kappa shape index (κ2) is 10.0. The van der Waals surface area contributed by atoms with Gasteiger partial charge in [0.1, 0.15) is 17.6 Å². The van der Waals surface area contributed by atoms with Gasteiger partial charge in [0.25, 0.3) is 11.7 Å². The first-order chi connectivity index (χ1) is 16.9. The molecule has 0 bridgehead atoms. The van der Waals surface area contributed by atoms with Crippen molar-refractivity contribution < 1.29 is 24.2 Å². The molecule has 2 fully saturated rings. The zero-order valence-electron chi connectivity index (χ0n) is 19.7. The van der Waals surface area contributed by atoms with Gasteiger partial charge >= 0.3 is 0 Å². The molecule has 2 atom stereocenters. The van der Waals surface area contributed by atoms with E-state index in [1.165, 1.54) is 0 Å². The number of fused-ring (bicyclic) bond motifs is 1. The summed E-state index contributed by atoms with van der Waals surface area (Å²) in [6.07, 6.45) is 1.49. The number of likely N-dealkylation sites (tertiary alicyclic amines) is 1. The fraction of sp³-hybridized carbons (Fsp3) is 0.407. The minimum Gasteiger partial charge on any atom is -0.507 e. The van der Waals surface area contributed by atoms with E-state index in [1.54, 1.807) is 35.2 Å². The molecule has 5 rings (SSSR count). The van der Waals surface area contributed by atoms with E-state index < -0.39 is 17.7 Å². The van der Waals surface area contributed by atoms with Gasteiger partial charge in [-0.15, -0.1) is 0 Å². The minimum absolute atomic E-state index is 0.0610. The number of ether oxygens (including phenoxy) is 2. The molecule has 0 spiro atoms. The number of nitrogens with zero attached hydrogens (tertiary/aromatic N) is 2. The Kier molecular flexibility index (Phi) is 6.82. The van der Waals surface area contributed by atoms with Crippen LogP contribution in [0.4, 0.5) is 0 Å². The number of morpholine rings is 1. The first kappa shape index (κ1) is 23.9. The molecule has 0 radical (unpaired) electrons. The van der Waals surface area contributed by atoms with Crippen molar-refractivity contribution in [3.05, 3.63) is 69.8 Å². The highest BCUT2D eigenvalue weighted by Gasteiger charge is 2.46. The monoisotopic (exact) mass is 496 g/mol. The summed E-state index contributed by atoms with van der Waals surface area (Å²) in [7, 11) is 0. The van der Waals surface area contributed by atoms with Crippen LogP contribution in [0.5, 0.6) is 5.75 Å². The van der Waals surface area contributed by atoms with E-state index in [9.17, 15) is 14.7 Å². The Bertz CT molecular complexity index is 1170. The van der Waals surface area contributed by atoms with Crippen LogP contribution in [0.15, 0.2) is 48.0 Å². The van der Waals surface area contributed by atoms with Gasteiger partial charge in [0.05, 0.1) is 24.8 Å². The highest BCUT2D eigenvalue weighted by Crippen LogP contribution is 2.41. The van der Waals surface area contributed by atoms with Gasteiger partial charge < -0.3 is 19.5 Å². The van der Waals surface area contributed by atoms with Gasteiger partial charge in [-0.05, 0) is 54.8 Å². The molecule has 3 aliphatic rings. The molecule has 0 unspecified atom stereocenters. The third-order valence-corrected chi connectivity index (χ3v) is 7.09. The van der Waals surface area contributed by atoms with Crippen molar-refractivity contribution in [2.24, 2.45) is 0 Å². The molecule has 184 valence electrons. The van der Waals surface area contributed by atoms with Crippen molar-refractivity contribution in [2.75, 3.05) is 39.4 Å². The van der Waals surface area contributed by atoms with Crippen molar-refractivity contribution in [1.82, 2.24) is 9.80 Å². The molecule has 0 aromatic heterocycles. The van der Waals surface area contributed by atoms with Gasteiger partial charge in [0.2, 0.25) is 0 Å². The second-order valence-corrected chi connectivity index (χ2v) is 9.75. The predicted molar refractivity (Wildman–Crippen MR) is 133 cm³/mol. The molecular formula is C27H29ClN2O5. The van der Waals surface area contributed by atoms with Crippen molar-refractivity contribution in [2.45, 2.75) is 31.9 Å². The lowest BCUT2D eigenvalue weighted by atomic mass is 9.94. The summed E-state index contributed by atoms with van der Waals surface area (Å²) < 4.78 is 11.2. The number of ketones is 1. The van der Waals surface area contributed by atoms with Crippen LogP contribution in [0.1, 0.15) is 36.1 Å². The van der Waals surface area contributed by atoms with Crippen molar-refractivity contribution >= 4 is 29.1 Å². The maximum Gasteiger partial charge on any atom is 0.295 e. The number of benzene rings is 2. The molecule has 0 saturated carbocycles. The number of aliphatic hydroxyl groups excluding tert-OH is 1. The van der Waals surface area contributed by atoms with Gasteiger partial charge in [-0.1, -0.05) is 23.7 Å². The van der Waals surface area contributed by atoms with Crippen LogP contribution in [0, 0.1) is 0 Å². The molecule has 2 saturated heterocycles. The Morgan fingerprint density at radius 1 is 1.11 bits per heavy atom. The molecule has 7 nitrogen and oxygen atoms in total. The quantitative estimate of drug-likeness (QED) is 0.372. The van der Waals surface area contributed by atoms with E-state index in [-0.39, 0.29) is 17.4 Å². The third-order valence-electron chi connectivity index (χ3n) is 6.85.